The van der Waals surface area contributed by atoms with Crippen molar-refractivity contribution in [3.63, 3.8) is 0 Å². The van der Waals surface area contributed by atoms with Crippen LogP contribution in [0.1, 0.15) is 51.3 Å². The molecule has 0 fully saturated rings. The summed E-state index contributed by atoms with van der Waals surface area (Å²) in [5.74, 6) is -1.02. The molecule has 1 N–H and O–H groups in total. The third kappa shape index (κ3) is 4.24. The van der Waals surface area contributed by atoms with Crippen molar-refractivity contribution in [1.82, 2.24) is 5.32 Å². The van der Waals surface area contributed by atoms with Crippen LogP contribution in [0.2, 0.25) is 0 Å². The van der Waals surface area contributed by atoms with Gasteiger partial charge in [-0.05, 0) is 36.9 Å². The summed E-state index contributed by atoms with van der Waals surface area (Å²) >= 11 is 0. The van der Waals surface area contributed by atoms with Crippen LogP contribution in [0, 0.1) is 24.0 Å². The number of rotatable bonds is 6. The van der Waals surface area contributed by atoms with E-state index in [4.69, 9.17) is 4.74 Å². The molecule has 21 heavy (non-hydrogen) atoms. The summed E-state index contributed by atoms with van der Waals surface area (Å²) in [6, 6.07) is 2.27. The predicted molar refractivity (Wildman–Crippen MR) is 82.4 cm³/mol. The molecule has 1 aromatic rings. The maximum atomic E-state index is 14.5. The van der Waals surface area contributed by atoms with Gasteiger partial charge in [0.05, 0.1) is 12.1 Å². The van der Waals surface area contributed by atoms with Crippen molar-refractivity contribution in [2.45, 2.75) is 53.2 Å². The lowest BCUT2D eigenvalue weighted by atomic mass is 9.81. The van der Waals surface area contributed by atoms with Crippen molar-refractivity contribution in [2.75, 3.05) is 13.7 Å². The summed E-state index contributed by atoms with van der Waals surface area (Å²) in [6.45, 7) is 10.4. The minimum atomic E-state index is -0.530. The molecule has 0 aromatic heterocycles. The Kier molecular flexibility index (Phi) is 6.29. The Morgan fingerprint density at radius 3 is 2.33 bits per heavy atom. The molecule has 0 saturated carbocycles. The van der Waals surface area contributed by atoms with Crippen molar-refractivity contribution < 1.29 is 13.5 Å². The third-order valence-electron chi connectivity index (χ3n) is 3.66. The van der Waals surface area contributed by atoms with Gasteiger partial charge in [0.2, 0.25) is 0 Å². The largest absolute Gasteiger partial charge is 0.379 e. The number of ether oxygens (including phenoxy) is 1. The fraction of sp³-hybridized carbons (Fsp3) is 0.647. The van der Waals surface area contributed by atoms with E-state index in [2.05, 4.69) is 5.32 Å². The first-order valence-corrected chi connectivity index (χ1v) is 7.44. The van der Waals surface area contributed by atoms with Crippen LogP contribution >= 0.6 is 0 Å². The SMILES string of the molecule is CCCNC(c1c(F)ccc(C)c1F)C(OC)C(C)(C)C. The Morgan fingerprint density at radius 2 is 1.86 bits per heavy atom. The topological polar surface area (TPSA) is 21.3 Å². The van der Waals surface area contributed by atoms with E-state index in [1.54, 1.807) is 14.0 Å². The quantitative estimate of drug-likeness (QED) is 0.842. The minimum absolute atomic E-state index is 0.0743. The van der Waals surface area contributed by atoms with Crippen molar-refractivity contribution in [1.29, 1.82) is 0 Å². The number of hydrogen-bond donors (Lipinski definition) is 1. The number of nitrogens with one attached hydrogen (secondary N) is 1. The molecule has 2 nitrogen and oxygen atoms in total. The predicted octanol–water partition coefficient (Wildman–Crippen LogP) is 4.38. The van der Waals surface area contributed by atoms with E-state index in [1.807, 2.05) is 27.7 Å². The van der Waals surface area contributed by atoms with Crippen molar-refractivity contribution in [3.05, 3.63) is 34.9 Å². The van der Waals surface area contributed by atoms with Gasteiger partial charge in [-0.15, -0.1) is 0 Å². The second kappa shape index (κ2) is 7.32. The van der Waals surface area contributed by atoms with Gasteiger partial charge >= 0.3 is 0 Å². The zero-order valence-electron chi connectivity index (χ0n) is 13.9. The first kappa shape index (κ1) is 18.1. The molecule has 0 aliphatic carbocycles. The molecule has 1 aromatic carbocycles. The highest BCUT2D eigenvalue weighted by atomic mass is 19.1. The van der Waals surface area contributed by atoms with Crippen LogP contribution in [-0.2, 0) is 4.74 Å². The monoisotopic (exact) mass is 299 g/mol. The zero-order valence-corrected chi connectivity index (χ0v) is 13.9. The molecule has 0 saturated heterocycles. The summed E-state index contributed by atoms with van der Waals surface area (Å²) in [4.78, 5) is 0. The molecule has 0 aliphatic rings. The van der Waals surface area contributed by atoms with Crippen molar-refractivity contribution in [2.24, 2.45) is 5.41 Å². The highest BCUT2D eigenvalue weighted by Crippen LogP contribution is 2.35. The van der Waals surface area contributed by atoms with E-state index >= 15 is 0 Å². The Morgan fingerprint density at radius 1 is 1.24 bits per heavy atom. The Hall–Kier alpha value is -1.00. The molecule has 0 bridgehead atoms. The van der Waals surface area contributed by atoms with Gasteiger partial charge in [-0.2, -0.15) is 0 Å². The molecule has 0 radical (unpaired) electrons. The summed E-state index contributed by atoms with van der Waals surface area (Å²) in [6.07, 6.45) is 0.543. The fourth-order valence-electron chi connectivity index (χ4n) is 2.61. The second-order valence-electron chi connectivity index (χ2n) is 6.55. The minimum Gasteiger partial charge on any atom is -0.379 e. The molecule has 120 valence electrons. The Balaban J connectivity index is 3.34. The van der Waals surface area contributed by atoms with E-state index in [0.29, 0.717) is 12.1 Å². The summed E-state index contributed by atoms with van der Waals surface area (Å²) in [7, 11) is 1.59. The maximum absolute atomic E-state index is 14.5. The van der Waals surface area contributed by atoms with Crippen LogP contribution < -0.4 is 5.32 Å². The molecular weight excluding hydrogens is 272 g/mol. The number of benzene rings is 1. The van der Waals surface area contributed by atoms with E-state index in [9.17, 15) is 8.78 Å². The number of methoxy groups -OCH3 is 1. The van der Waals surface area contributed by atoms with Crippen LogP contribution in [0.15, 0.2) is 12.1 Å². The number of aryl methyl sites for hydroxylation is 1. The van der Waals surface area contributed by atoms with Crippen molar-refractivity contribution in [3.8, 4) is 0 Å². The van der Waals surface area contributed by atoms with E-state index < -0.39 is 17.7 Å². The highest BCUT2D eigenvalue weighted by molar-refractivity contribution is 5.30. The first-order valence-electron chi connectivity index (χ1n) is 7.44. The smallest absolute Gasteiger partial charge is 0.133 e. The molecule has 4 heteroatoms. The zero-order chi connectivity index (χ0) is 16.2. The van der Waals surface area contributed by atoms with Crippen molar-refractivity contribution >= 4 is 0 Å². The van der Waals surface area contributed by atoms with E-state index in [0.717, 1.165) is 6.42 Å². The molecule has 2 unspecified atom stereocenters. The van der Waals surface area contributed by atoms with Gasteiger partial charge in [-0.25, -0.2) is 8.78 Å². The van der Waals surface area contributed by atoms with Gasteiger partial charge in [-0.1, -0.05) is 33.8 Å². The van der Waals surface area contributed by atoms with Crippen LogP contribution in [0.5, 0.6) is 0 Å². The first-order chi connectivity index (χ1) is 9.73. The maximum Gasteiger partial charge on any atom is 0.133 e. The average Bonchev–Trinajstić information content (AvgIpc) is 2.39. The van der Waals surface area contributed by atoms with Crippen LogP contribution in [0.3, 0.4) is 0 Å². The second-order valence-corrected chi connectivity index (χ2v) is 6.55. The van der Waals surface area contributed by atoms with Gasteiger partial charge in [-0.3, -0.25) is 0 Å². The lowest BCUT2D eigenvalue weighted by Gasteiger charge is -2.37. The third-order valence-corrected chi connectivity index (χ3v) is 3.66. The van der Waals surface area contributed by atoms with E-state index in [1.165, 1.54) is 12.1 Å². The standard InChI is InChI=1S/C17H27F2NO/c1-7-10-20-15(16(21-6)17(3,4)5)13-12(18)9-8-11(2)14(13)19/h8-9,15-16,20H,7,10H2,1-6H3. The highest BCUT2D eigenvalue weighted by Gasteiger charge is 2.36. The molecular formula is C17H27F2NO. The Labute approximate surface area is 126 Å². The Bertz CT molecular complexity index is 469. The molecule has 1 rings (SSSR count). The van der Waals surface area contributed by atoms with Crippen LogP contribution in [0.4, 0.5) is 8.78 Å². The fourth-order valence-corrected chi connectivity index (χ4v) is 2.61. The summed E-state index contributed by atoms with van der Waals surface area (Å²) < 4.78 is 34.3. The van der Waals surface area contributed by atoms with Gasteiger partial charge in [0.25, 0.3) is 0 Å². The van der Waals surface area contributed by atoms with Gasteiger partial charge in [0.15, 0.2) is 0 Å². The number of halogens is 2. The molecule has 2 atom stereocenters. The lowest BCUT2D eigenvalue weighted by Crippen LogP contribution is -2.42. The summed E-state index contributed by atoms with van der Waals surface area (Å²) in [5, 5.41) is 3.25. The molecule has 0 aliphatic heterocycles. The van der Waals surface area contributed by atoms with Gasteiger partial charge in [0.1, 0.15) is 11.6 Å². The normalized spacial score (nSPS) is 15.0. The number of hydrogen-bond acceptors (Lipinski definition) is 2. The lowest BCUT2D eigenvalue weighted by molar-refractivity contribution is -0.0136. The molecule has 0 heterocycles. The molecule has 0 amide bonds. The van der Waals surface area contributed by atoms with Gasteiger partial charge < -0.3 is 10.1 Å². The molecule has 0 spiro atoms. The van der Waals surface area contributed by atoms with Gasteiger partial charge in [0, 0.05) is 12.7 Å². The van der Waals surface area contributed by atoms with Crippen LogP contribution in [-0.4, -0.2) is 19.8 Å². The van der Waals surface area contributed by atoms with Crippen LogP contribution in [0.25, 0.3) is 0 Å². The van der Waals surface area contributed by atoms with E-state index in [-0.39, 0.29) is 17.1 Å². The summed E-state index contributed by atoms with van der Waals surface area (Å²) in [5.41, 5.74) is 0.270. The average molecular weight is 299 g/mol.